The molecule has 0 spiro atoms. The summed E-state index contributed by atoms with van der Waals surface area (Å²) in [5, 5.41) is 16.0. The lowest BCUT2D eigenvalue weighted by Crippen LogP contribution is -2.40. The monoisotopic (exact) mass is 394 g/mol. The maximum atomic E-state index is 12.1. The maximum Gasteiger partial charge on any atom is 0.246 e. The lowest BCUT2D eigenvalue weighted by atomic mass is 9.85. The molecule has 4 rings (SSSR count). The minimum absolute atomic E-state index is 0.0298. The topological polar surface area (TPSA) is 110 Å². The summed E-state index contributed by atoms with van der Waals surface area (Å²) in [6, 6.07) is -0.0298. The highest BCUT2D eigenvalue weighted by molar-refractivity contribution is 5.90. The highest BCUT2D eigenvalue weighted by Gasteiger charge is 2.29. The average molecular weight is 394 g/mol. The fraction of sp³-hybridized carbons (Fsp3) is 0.524. The number of hydrogen-bond donors (Lipinski definition) is 2. The Hall–Kier alpha value is -2.92. The van der Waals surface area contributed by atoms with Crippen LogP contribution in [0, 0.1) is 11.8 Å². The molecule has 2 aromatic heterocycles. The molecule has 0 bridgehead atoms. The molecule has 3 heterocycles. The average Bonchev–Trinajstić information content (AvgIpc) is 3.12. The first-order valence-electron chi connectivity index (χ1n) is 10.2. The summed E-state index contributed by atoms with van der Waals surface area (Å²) in [6.45, 7) is 4.82. The Morgan fingerprint density at radius 3 is 2.86 bits per heavy atom. The van der Waals surface area contributed by atoms with E-state index in [0.717, 1.165) is 32.1 Å². The largest absolute Gasteiger partial charge is 0.383 e. The van der Waals surface area contributed by atoms with E-state index in [1.165, 1.54) is 12.4 Å². The number of hydrogen-bond acceptors (Lipinski definition) is 6. The second-order valence-electron chi connectivity index (χ2n) is 7.88. The zero-order valence-electron chi connectivity index (χ0n) is 16.5. The van der Waals surface area contributed by atoms with Gasteiger partial charge in [-0.2, -0.15) is 5.10 Å². The molecule has 0 aromatic carbocycles. The summed E-state index contributed by atoms with van der Waals surface area (Å²) in [5.41, 5.74) is 6.23. The number of nitrogens with two attached hydrogens (primary N) is 1. The fourth-order valence-electron chi connectivity index (χ4n) is 4.26. The zero-order chi connectivity index (χ0) is 20.4. The molecule has 3 N–H and O–H groups in total. The number of rotatable bonds is 2. The van der Waals surface area contributed by atoms with Gasteiger partial charge < -0.3 is 15.7 Å². The van der Waals surface area contributed by atoms with Crippen molar-refractivity contribution in [2.24, 2.45) is 0 Å². The van der Waals surface area contributed by atoms with E-state index < -0.39 is 5.60 Å². The molecule has 1 aliphatic heterocycles. The Bertz CT molecular complexity index is 996. The van der Waals surface area contributed by atoms with Gasteiger partial charge in [0.2, 0.25) is 5.91 Å². The molecule has 0 unspecified atom stereocenters. The molecule has 29 heavy (non-hydrogen) atoms. The van der Waals surface area contributed by atoms with Crippen LogP contribution in [0.1, 0.15) is 56.7 Å². The quantitative estimate of drug-likeness (QED) is 0.594. The lowest BCUT2D eigenvalue weighted by molar-refractivity contribution is -0.127. The Morgan fingerprint density at radius 2 is 2.10 bits per heavy atom. The van der Waals surface area contributed by atoms with E-state index in [4.69, 9.17) is 10.8 Å². The number of carbonyl (C=O) groups is 1. The number of nitrogens with zero attached hydrogens (tertiary/aromatic N) is 5. The van der Waals surface area contributed by atoms with Crippen LogP contribution >= 0.6 is 0 Å². The van der Waals surface area contributed by atoms with Gasteiger partial charge in [0, 0.05) is 13.1 Å². The molecule has 1 saturated heterocycles. The van der Waals surface area contributed by atoms with Crippen LogP contribution in [-0.4, -0.2) is 54.4 Å². The van der Waals surface area contributed by atoms with Gasteiger partial charge in [-0.1, -0.05) is 18.9 Å². The van der Waals surface area contributed by atoms with Crippen molar-refractivity contribution in [1.29, 1.82) is 0 Å². The second-order valence-corrected chi connectivity index (χ2v) is 7.88. The van der Waals surface area contributed by atoms with Crippen LogP contribution in [0.4, 0.5) is 5.82 Å². The van der Waals surface area contributed by atoms with Crippen LogP contribution in [0.5, 0.6) is 0 Å². The van der Waals surface area contributed by atoms with E-state index in [1.54, 1.807) is 4.90 Å². The molecule has 2 aromatic rings. The molecule has 1 aliphatic carbocycles. The van der Waals surface area contributed by atoms with Gasteiger partial charge in [0.25, 0.3) is 0 Å². The third kappa shape index (κ3) is 3.83. The van der Waals surface area contributed by atoms with Gasteiger partial charge in [0.15, 0.2) is 5.65 Å². The number of aliphatic hydroxyl groups is 1. The van der Waals surface area contributed by atoms with Crippen LogP contribution in [0.3, 0.4) is 0 Å². The van der Waals surface area contributed by atoms with Crippen LogP contribution in [0.25, 0.3) is 11.0 Å². The van der Waals surface area contributed by atoms with Crippen molar-refractivity contribution in [3.8, 4) is 11.8 Å². The Kier molecular flexibility index (Phi) is 5.24. The number of anilines is 1. The van der Waals surface area contributed by atoms with Crippen molar-refractivity contribution in [1.82, 2.24) is 24.6 Å². The van der Waals surface area contributed by atoms with Gasteiger partial charge in [0.1, 0.15) is 23.4 Å². The van der Waals surface area contributed by atoms with Crippen molar-refractivity contribution in [2.45, 2.75) is 56.6 Å². The number of carbonyl (C=O) groups excluding carboxylic acids is 1. The maximum absolute atomic E-state index is 12.1. The number of amides is 1. The van der Waals surface area contributed by atoms with E-state index in [0.29, 0.717) is 48.5 Å². The van der Waals surface area contributed by atoms with E-state index in [2.05, 4.69) is 28.4 Å². The molecule has 152 valence electrons. The predicted molar refractivity (Wildman–Crippen MR) is 110 cm³/mol. The van der Waals surface area contributed by atoms with Gasteiger partial charge in [-0.25, -0.2) is 14.6 Å². The van der Waals surface area contributed by atoms with Gasteiger partial charge >= 0.3 is 0 Å². The Balaban J connectivity index is 1.72. The molecular formula is C21H26N6O2. The lowest BCUT2D eigenvalue weighted by Gasteiger charge is -2.32. The standard InChI is InChI=1S/C21H26N6O2/c1-2-17(28)26-12-6-7-15(13-26)27-20-18(19(22)23-14-24-20)16(25-27)8-11-21(29)9-4-3-5-10-21/h2,14-15,29H,1,3-7,9-10,12-13H2,(H2,22,23,24)/t15-/m1/s1. The molecule has 8 nitrogen and oxygen atoms in total. The zero-order valence-corrected chi connectivity index (χ0v) is 16.5. The van der Waals surface area contributed by atoms with Crippen LogP contribution in [0.2, 0.25) is 0 Å². The number of piperidine rings is 1. The molecule has 1 atom stereocenters. The first-order chi connectivity index (χ1) is 14.0. The highest BCUT2D eigenvalue weighted by atomic mass is 16.3. The summed E-state index contributed by atoms with van der Waals surface area (Å²) >= 11 is 0. The third-order valence-corrected chi connectivity index (χ3v) is 5.84. The normalized spacial score (nSPS) is 21.4. The van der Waals surface area contributed by atoms with Crippen molar-refractivity contribution < 1.29 is 9.90 Å². The smallest absolute Gasteiger partial charge is 0.246 e. The number of likely N-dealkylation sites (tertiary alicyclic amines) is 1. The summed E-state index contributed by atoms with van der Waals surface area (Å²) in [7, 11) is 0. The van der Waals surface area contributed by atoms with Crippen molar-refractivity contribution in [3.63, 3.8) is 0 Å². The first kappa shape index (κ1) is 19.4. The van der Waals surface area contributed by atoms with Gasteiger partial charge in [-0.3, -0.25) is 4.79 Å². The molecule has 2 fully saturated rings. The van der Waals surface area contributed by atoms with E-state index in [-0.39, 0.29) is 11.9 Å². The SMILES string of the molecule is C=CC(=O)N1CCC[C@@H](n2nc(C#CC3(O)CCCCC3)c3c(N)ncnc32)C1. The van der Waals surface area contributed by atoms with Crippen molar-refractivity contribution in [2.75, 3.05) is 18.8 Å². The molecule has 8 heteroatoms. The number of aromatic nitrogens is 4. The Morgan fingerprint density at radius 1 is 1.31 bits per heavy atom. The summed E-state index contributed by atoms with van der Waals surface area (Å²) < 4.78 is 1.81. The molecule has 0 radical (unpaired) electrons. The predicted octanol–water partition coefficient (Wildman–Crippen LogP) is 1.80. The fourth-order valence-corrected chi connectivity index (χ4v) is 4.26. The van der Waals surface area contributed by atoms with Crippen LogP contribution < -0.4 is 5.73 Å². The Labute approximate surface area is 169 Å². The van der Waals surface area contributed by atoms with Crippen LogP contribution in [0.15, 0.2) is 19.0 Å². The van der Waals surface area contributed by atoms with Crippen molar-refractivity contribution in [3.05, 3.63) is 24.7 Å². The van der Waals surface area contributed by atoms with E-state index in [1.807, 2.05) is 4.68 Å². The summed E-state index contributed by atoms with van der Waals surface area (Å²) in [6.07, 6.45) is 8.91. The minimum Gasteiger partial charge on any atom is -0.383 e. The molecule has 2 aliphatic rings. The van der Waals surface area contributed by atoms with Gasteiger partial charge in [-0.05, 0) is 50.5 Å². The van der Waals surface area contributed by atoms with E-state index >= 15 is 0 Å². The summed E-state index contributed by atoms with van der Waals surface area (Å²) in [5.74, 6) is 6.31. The second kappa shape index (κ2) is 7.84. The molecule has 1 saturated carbocycles. The van der Waals surface area contributed by atoms with Crippen LogP contribution in [-0.2, 0) is 4.79 Å². The minimum atomic E-state index is -0.975. The van der Waals surface area contributed by atoms with Gasteiger partial charge in [0.05, 0.1) is 11.4 Å². The highest BCUT2D eigenvalue weighted by Crippen LogP contribution is 2.30. The van der Waals surface area contributed by atoms with E-state index in [9.17, 15) is 9.90 Å². The molecule has 1 amide bonds. The summed E-state index contributed by atoms with van der Waals surface area (Å²) in [4.78, 5) is 22.3. The molecular weight excluding hydrogens is 368 g/mol. The third-order valence-electron chi connectivity index (χ3n) is 5.84. The number of fused-ring (bicyclic) bond motifs is 1. The van der Waals surface area contributed by atoms with Crippen molar-refractivity contribution >= 4 is 22.8 Å². The first-order valence-corrected chi connectivity index (χ1v) is 10.2. The van der Waals surface area contributed by atoms with Gasteiger partial charge in [-0.15, -0.1) is 0 Å². The number of nitrogen functional groups attached to an aromatic ring is 1.